The van der Waals surface area contributed by atoms with Gasteiger partial charge in [0.25, 0.3) is 0 Å². The molecule has 14 heavy (non-hydrogen) atoms. The fourth-order valence-electron chi connectivity index (χ4n) is 2.12. The van der Waals surface area contributed by atoms with Crippen LogP contribution in [0.4, 0.5) is 0 Å². The maximum absolute atomic E-state index is 5.39. The van der Waals surface area contributed by atoms with Gasteiger partial charge in [-0.25, -0.2) is 0 Å². The standard InChI is InChI=1S/C12H22N2/c1-4-7-12(6-3)14-9-8-13-11(5-2)10-14/h1,11-13H,5-10H2,2-3H3. The van der Waals surface area contributed by atoms with Crippen molar-refractivity contribution in [3.8, 4) is 12.3 Å². The van der Waals surface area contributed by atoms with Crippen molar-refractivity contribution in [1.82, 2.24) is 10.2 Å². The van der Waals surface area contributed by atoms with Crippen LogP contribution in [0.2, 0.25) is 0 Å². The summed E-state index contributed by atoms with van der Waals surface area (Å²) in [5, 5.41) is 3.53. The predicted octanol–water partition coefficient (Wildman–Crippen LogP) is 1.47. The van der Waals surface area contributed by atoms with E-state index in [0.29, 0.717) is 12.1 Å². The van der Waals surface area contributed by atoms with Gasteiger partial charge in [0.2, 0.25) is 0 Å². The summed E-state index contributed by atoms with van der Waals surface area (Å²) < 4.78 is 0. The van der Waals surface area contributed by atoms with Gasteiger partial charge in [-0.3, -0.25) is 4.90 Å². The highest BCUT2D eigenvalue weighted by Crippen LogP contribution is 2.12. The highest BCUT2D eigenvalue weighted by atomic mass is 15.2. The summed E-state index contributed by atoms with van der Waals surface area (Å²) in [6, 6.07) is 1.26. The topological polar surface area (TPSA) is 15.3 Å². The van der Waals surface area contributed by atoms with Gasteiger partial charge < -0.3 is 5.32 Å². The lowest BCUT2D eigenvalue weighted by Crippen LogP contribution is -2.53. The minimum absolute atomic E-state index is 0.594. The van der Waals surface area contributed by atoms with Crippen LogP contribution in [0, 0.1) is 12.3 Å². The molecule has 0 amide bonds. The zero-order valence-corrected chi connectivity index (χ0v) is 9.42. The van der Waals surface area contributed by atoms with Gasteiger partial charge in [-0.1, -0.05) is 13.8 Å². The minimum atomic E-state index is 0.594. The van der Waals surface area contributed by atoms with Crippen molar-refractivity contribution in [2.45, 2.75) is 45.2 Å². The van der Waals surface area contributed by atoms with E-state index in [1.807, 2.05) is 0 Å². The van der Waals surface area contributed by atoms with Gasteiger partial charge in [0.15, 0.2) is 0 Å². The third kappa shape index (κ3) is 3.01. The molecule has 2 heteroatoms. The lowest BCUT2D eigenvalue weighted by atomic mass is 10.1. The van der Waals surface area contributed by atoms with E-state index in [2.05, 4.69) is 30.0 Å². The molecular weight excluding hydrogens is 172 g/mol. The Kier molecular flexibility index (Phi) is 5.00. The predicted molar refractivity (Wildman–Crippen MR) is 61.2 cm³/mol. The normalized spacial score (nSPS) is 25.6. The van der Waals surface area contributed by atoms with Gasteiger partial charge in [0.1, 0.15) is 0 Å². The average molecular weight is 194 g/mol. The smallest absolute Gasteiger partial charge is 0.0242 e. The van der Waals surface area contributed by atoms with Gasteiger partial charge in [-0.15, -0.1) is 12.3 Å². The molecule has 1 fully saturated rings. The Morgan fingerprint density at radius 2 is 2.36 bits per heavy atom. The van der Waals surface area contributed by atoms with Gasteiger partial charge in [-0.05, 0) is 12.8 Å². The van der Waals surface area contributed by atoms with E-state index in [1.165, 1.54) is 12.8 Å². The molecular formula is C12H22N2. The molecule has 1 rings (SSSR count). The maximum Gasteiger partial charge on any atom is 0.0242 e. The fourth-order valence-corrected chi connectivity index (χ4v) is 2.12. The molecule has 0 radical (unpaired) electrons. The van der Waals surface area contributed by atoms with Crippen molar-refractivity contribution in [1.29, 1.82) is 0 Å². The molecule has 1 N–H and O–H groups in total. The highest BCUT2D eigenvalue weighted by molar-refractivity contribution is 4.92. The number of nitrogens with zero attached hydrogens (tertiary/aromatic N) is 1. The van der Waals surface area contributed by atoms with Crippen LogP contribution in [-0.4, -0.2) is 36.6 Å². The van der Waals surface area contributed by atoms with E-state index >= 15 is 0 Å². The Balaban J connectivity index is 2.45. The highest BCUT2D eigenvalue weighted by Gasteiger charge is 2.22. The largest absolute Gasteiger partial charge is 0.311 e. The Hall–Kier alpha value is -0.520. The van der Waals surface area contributed by atoms with Crippen molar-refractivity contribution in [3.63, 3.8) is 0 Å². The van der Waals surface area contributed by atoms with E-state index in [9.17, 15) is 0 Å². The van der Waals surface area contributed by atoms with Crippen LogP contribution in [0.1, 0.15) is 33.1 Å². The lowest BCUT2D eigenvalue weighted by Gasteiger charge is -2.37. The molecule has 2 unspecified atom stereocenters. The second-order valence-corrected chi connectivity index (χ2v) is 4.02. The van der Waals surface area contributed by atoms with Gasteiger partial charge in [0, 0.05) is 38.1 Å². The van der Waals surface area contributed by atoms with Crippen LogP contribution in [0.25, 0.3) is 0 Å². The van der Waals surface area contributed by atoms with Crippen molar-refractivity contribution < 1.29 is 0 Å². The van der Waals surface area contributed by atoms with Crippen molar-refractivity contribution in [2.75, 3.05) is 19.6 Å². The summed E-state index contributed by atoms with van der Waals surface area (Å²) in [5.41, 5.74) is 0. The molecule has 0 aromatic rings. The second-order valence-electron chi connectivity index (χ2n) is 4.02. The molecule has 1 aliphatic heterocycles. The summed E-state index contributed by atoms with van der Waals surface area (Å²) in [6.07, 6.45) is 8.66. The van der Waals surface area contributed by atoms with Crippen LogP contribution >= 0.6 is 0 Å². The maximum atomic E-state index is 5.39. The van der Waals surface area contributed by atoms with Gasteiger partial charge in [-0.2, -0.15) is 0 Å². The third-order valence-corrected chi connectivity index (χ3v) is 3.12. The molecule has 0 saturated carbocycles. The van der Waals surface area contributed by atoms with Gasteiger partial charge in [0.05, 0.1) is 0 Å². The number of nitrogens with one attached hydrogen (secondary N) is 1. The van der Waals surface area contributed by atoms with Crippen molar-refractivity contribution in [2.24, 2.45) is 0 Å². The van der Waals surface area contributed by atoms with E-state index < -0.39 is 0 Å². The van der Waals surface area contributed by atoms with E-state index in [4.69, 9.17) is 6.42 Å². The van der Waals surface area contributed by atoms with Crippen LogP contribution < -0.4 is 5.32 Å². The first-order valence-electron chi connectivity index (χ1n) is 5.72. The number of terminal acetylenes is 1. The number of rotatable bonds is 4. The monoisotopic (exact) mass is 194 g/mol. The number of piperazine rings is 1. The molecule has 0 bridgehead atoms. The zero-order chi connectivity index (χ0) is 10.4. The molecule has 2 nitrogen and oxygen atoms in total. The third-order valence-electron chi connectivity index (χ3n) is 3.12. The number of hydrogen-bond donors (Lipinski definition) is 1. The quantitative estimate of drug-likeness (QED) is 0.682. The Morgan fingerprint density at radius 3 is 2.93 bits per heavy atom. The molecule has 1 aliphatic rings. The second kappa shape index (κ2) is 6.06. The molecule has 1 heterocycles. The molecule has 2 atom stereocenters. The first-order chi connectivity index (χ1) is 6.81. The summed E-state index contributed by atoms with van der Waals surface area (Å²) in [5.74, 6) is 2.79. The zero-order valence-electron chi connectivity index (χ0n) is 9.42. The minimum Gasteiger partial charge on any atom is -0.311 e. The first kappa shape index (κ1) is 11.6. The average Bonchev–Trinajstić information content (AvgIpc) is 2.26. The summed E-state index contributed by atoms with van der Waals surface area (Å²) in [7, 11) is 0. The van der Waals surface area contributed by atoms with Crippen LogP contribution in [0.3, 0.4) is 0 Å². The van der Waals surface area contributed by atoms with E-state index in [0.717, 1.165) is 26.1 Å². The fraction of sp³-hybridized carbons (Fsp3) is 0.833. The van der Waals surface area contributed by atoms with Crippen molar-refractivity contribution >= 4 is 0 Å². The summed E-state index contributed by atoms with van der Waals surface area (Å²) in [4.78, 5) is 2.55. The summed E-state index contributed by atoms with van der Waals surface area (Å²) >= 11 is 0. The van der Waals surface area contributed by atoms with E-state index in [-0.39, 0.29) is 0 Å². The van der Waals surface area contributed by atoms with Crippen LogP contribution in [0.15, 0.2) is 0 Å². The Morgan fingerprint density at radius 1 is 1.57 bits per heavy atom. The molecule has 0 spiro atoms. The molecule has 80 valence electrons. The molecule has 0 aromatic carbocycles. The van der Waals surface area contributed by atoms with Crippen LogP contribution in [-0.2, 0) is 0 Å². The molecule has 0 aliphatic carbocycles. The van der Waals surface area contributed by atoms with Crippen molar-refractivity contribution in [3.05, 3.63) is 0 Å². The summed E-state index contributed by atoms with van der Waals surface area (Å²) in [6.45, 7) is 7.89. The van der Waals surface area contributed by atoms with E-state index in [1.54, 1.807) is 0 Å². The van der Waals surface area contributed by atoms with Gasteiger partial charge >= 0.3 is 0 Å². The SMILES string of the molecule is C#CCC(CC)N1CCNC(CC)C1. The lowest BCUT2D eigenvalue weighted by molar-refractivity contribution is 0.140. The Labute approximate surface area is 88.1 Å². The molecule has 0 aromatic heterocycles. The number of hydrogen-bond acceptors (Lipinski definition) is 2. The van der Waals surface area contributed by atoms with Crippen LogP contribution in [0.5, 0.6) is 0 Å². The molecule has 1 saturated heterocycles. The first-order valence-corrected chi connectivity index (χ1v) is 5.72. The Bertz CT molecular complexity index is 195.